The third-order valence-electron chi connectivity index (χ3n) is 5.96. The van der Waals surface area contributed by atoms with E-state index in [0.717, 1.165) is 44.6 Å². The molecule has 0 aliphatic carbocycles. The number of nitrogen functional groups attached to an aromatic ring is 1. The predicted molar refractivity (Wildman–Crippen MR) is 138 cm³/mol. The maximum absolute atomic E-state index is 13.6. The second-order valence-corrected chi connectivity index (χ2v) is 8.97. The van der Waals surface area contributed by atoms with Gasteiger partial charge in [0.15, 0.2) is 11.4 Å². The number of nitrogens with one attached hydrogen (secondary N) is 3. The van der Waals surface area contributed by atoms with Crippen LogP contribution in [0.4, 0.5) is 30.6 Å². The Hall–Kier alpha value is -4.12. The summed E-state index contributed by atoms with van der Waals surface area (Å²) in [4.78, 5) is 35.5. The molecule has 14 heteroatoms. The van der Waals surface area contributed by atoms with Crippen LogP contribution in [0.5, 0.6) is 5.88 Å². The van der Waals surface area contributed by atoms with Gasteiger partial charge in [-0.25, -0.2) is 0 Å². The SMILES string of the molecule is CCOc1nc(N)nc(N[C@@H](C)C(=O)Nc2cc(C(=O)NCCCN3CCCC3)cc(C(F)(F)F)c2)c1C#N. The number of aromatic nitrogens is 2. The first-order valence-electron chi connectivity index (χ1n) is 12.5. The summed E-state index contributed by atoms with van der Waals surface area (Å²) in [5.74, 6) is -1.78. The molecule has 11 nitrogen and oxygen atoms in total. The number of halogens is 3. The normalized spacial score (nSPS) is 14.4. The van der Waals surface area contributed by atoms with E-state index in [9.17, 15) is 28.0 Å². The molecule has 5 N–H and O–H groups in total. The largest absolute Gasteiger partial charge is 0.477 e. The molecular formula is C25H31F3N8O3. The smallest absolute Gasteiger partial charge is 0.416 e. The number of ether oxygens (including phenoxy) is 1. The summed E-state index contributed by atoms with van der Waals surface area (Å²) < 4.78 is 46.0. The van der Waals surface area contributed by atoms with Gasteiger partial charge in [-0.1, -0.05) is 0 Å². The van der Waals surface area contributed by atoms with Gasteiger partial charge in [0.2, 0.25) is 17.7 Å². The zero-order chi connectivity index (χ0) is 28.6. The second-order valence-electron chi connectivity index (χ2n) is 8.97. The molecule has 0 bridgehead atoms. The number of anilines is 3. The van der Waals surface area contributed by atoms with Crippen LogP contribution < -0.4 is 26.4 Å². The third-order valence-corrected chi connectivity index (χ3v) is 5.96. The van der Waals surface area contributed by atoms with E-state index in [1.807, 2.05) is 6.07 Å². The highest BCUT2D eigenvalue weighted by atomic mass is 19.4. The summed E-state index contributed by atoms with van der Waals surface area (Å²) in [5.41, 5.74) is 4.04. The summed E-state index contributed by atoms with van der Waals surface area (Å²) in [6.45, 7) is 6.41. The van der Waals surface area contributed by atoms with E-state index in [0.29, 0.717) is 13.0 Å². The molecule has 210 valence electrons. The lowest BCUT2D eigenvalue weighted by Gasteiger charge is -2.18. The summed E-state index contributed by atoms with van der Waals surface area (Å²) in [6.07, 6.45) is -1.80. The van der Waals surface area contributed by atoms with Gasteiger partial charge in [0.25, 0.3) is 5.91 Å². The van der Waals surface area contributed by atoms with Crippen molar-refractivity contribution in [1.82, 2.24) is 20.2 Å². The number of carbonyl (C=O) groups excluding carboxylic acids is 2. The van der Waals surface area contributed by atoms with Crippen LogP contribution >= 0.6 is 0 Å². The lowest BCUT2D eigenvalue weighted by molar-refractivity contribution is -0.137. The molecule has 0 radical (unpaired) electrons. The number of hydrogen-bond acceptors (Lipinski definition) is 9. The average Bonchev–Trinajstić information content (AvgIpc) is 3.39. The van der Waals surface area contributed by atoms with Crippen LogP contribution in [0.1, 0.15) is 54.6 Å². The van der Waals surface area contributed by atoms with Crippen LogP contribution in [0.3, 0.4) is 0 Å². The van der Waals surface area contributed by atoms with Gasteiger partial charge in [-0.05, 0) is 70.9 Å². The minimum Gasteiger partial charge on any atom is -0.477 e. The van der Waals surface area contributed by atoms with Crippen molar-refractivity contribution in [2.45, 2.75) is 45.3 Å². The standard InChI is InChI=1S/C25H31F3N8O3/c1-3-39-23-19(14-29)20(34-24(30)35-23)32-15(2)21(37)33-18-12-16(11-17(13-18)25(26,27)28)22(38)31-7-6-10-36-8-4-5-9-36/h11-13,15H,3-10H2,1-2H3,(H,31,38)(H,33,37)(H3,30,32,34,35)/t15-/m0/s1. The Morgan fingerprint density at radius 2 is 1.95 bits per heavy atom. The van der Waals surface area contributed by atoms with Crippen LogP contribution in [0.25, 0.3) is 0 Å². The molecule has 1 aromatic carbocycles. The number of amides is 2. The Kier molecular flexibility index (Phi) is 9.89. The van der Waals surface area contributed by atoms with E-state index in [-0.39, 0.29) is 41.1 Å². The molecule has 1 aliphatic heterocycles. The van der Waals surface area contributed by atoms with E-state index in [4.69, 9.17) is 10.5 Å². The van der Waals surface area contributed by atoms with Gasteiger partial charge in [0, 0.05) is 17.8 Å². The maximum atomic E-state index is 13.6. The molecule has 0 saturated carbocycles. The van der Waals surface area contributed by atoms with Gasteiger partial charge >= 0.3 is 6.18 Å². The van der Waals surface area contributed by atoms with Gasteiger partial charge in [-0.2, -0.15) is 28.4 Å². The summed E-state index contributed by atoms with van der Waals surface area (Å²) in [5, 5.41) is 17.2. The van der Waals surface area contributed by atoms with Gasteiger partial charge in [0.1, 0.15) is 12.1 Å². The van der Waals surface area contributed by atoms with Crippen LogP contribution in [0, 0.1) is 11.3 Å². The number of nitrogens with two attached hydrogens (primary N) is 1. The van der Waals surface area contributed by atoms with Crippen molar-refractivity contribution in [3.8, 4) is 11.9 Å². The van der Waals surface area contributed by atoms with Crippen molar-refractivity contribution in [2.75, 3.05) is 49.2 Å². The molecule has 0 unspecified atom stereocenters. The van der Waals surface area contributed by atoms with E-state index < -0.39 is 29.6 Å². The fraction of sp³-hybridized carbons (Fsp3) is 0.480. The number of carbonyl (C=O) groups is 2. The molecule has 2 heterocycles. The lowest BCUT2D eigenvalue weighted by Crippen LogP contribution is -2.33. The minimum atomic E-state index is -4.74. The molecule has 39 heavy (non-hydrogen) atoms. The van der Waals surface area contributed by atoms with Crippen molar-refractivity contribution in [3.63, 3.8) is 0 Å². The predicted octanol–water partition coefficient (Wildman–Crippen LogP) is 3.00. The molecule has 0 spiro atoms. The highest BCUT2D eigenvalue weighted by Gasteiger charge is 2.32. The average molecular weight is 549 g/mol. The maximum Gasteiger partial charge on any atom is 0.416 e. The number of rotatable bonds is 11. The van der Waals surface area contributed by atoms with E-state index >= 15 is 0 Å². The Morgan fingerprint density at radius 1 is 1.23 bits per heavy atom. The zero-order valence-electron chi connectivity index (χ0n) is 21.7. The topological polar surface area (TPSA) is 158 Å². The van der Waals surface area contributed by atoms with Crippen molar-refractivity contribution < 1.29 is 27.5 Å². The van der Waals surface area contributed by atoms with Crippen LogP contribution in [0.15, 0.2) is 18.2 Å². The second kappa shape index (κ2) is 13.1. The van der Waals surface area contributed by atoms with Crippen molar-refractivity contribution in [1.29, 1.82) is 5.26 Å². The lowest BCUT2D eigenvalue weighted by atomic mass is 10.1. The van der Waals surface area contributed by atoms with Gasteiger partial charge < -0.3 is 31.3 Å². The number of hydrogen-bond donors (Lipinski definition) is 4. The highest BCUT2D eigenvalue weighted by molar-refractivity contribution is 5.99. The minimum absolute atomic E-state index is 0.0726. The van der Waals surface area contributed by atoms with Crippen molar-refractivity contribution >= 4 is 29.3 Å². The van der Waals surface area contributed by atoms with Gasteiger partial charge in [-0.3, -0.25) is 9.59 Å². The summed E-state index contributed by atoms with van der Waals surface area (Å²) in [7, 11) is 0. The van der Waals surface area contributed by atoms with E-state index in [2.05, 4.69) is 30.8 Å². The third kappa shape index (κ3) is 8.18. The first-order chi connectivity index (χ1) is 18.5. The van der Waals surface area contributed by atoms with Gasteiger partial charge in [0.05, 0.1) is 12.2 Å². The molecule has 1 fully saturated rings. The van der Waals surface area contributed by atoms with E-state index in [1.54, 1.807) is 6.92 Å². The Bertz CT molecular complexity index is 1230. The molecular weight excluding hydrogens is 517 g/mol. The van der Waals surface area contributed by atoms with E-state index in [1.165, 1.54) is 13.0 Å². The Balaban J connectivity index is 1.72. The quantitative estimate of drug-likeness (QED) is 0.310. The monoisotopic (exact) mass is 548 g/mol. The highest BCUT2D eigenvalue weighted by Crippen LogP contribution is 2.32. The summed E-state index contributed by atoms with van der Waals surface area (Å²) in [6, 6.07) is 3.46. The van der Waals surface area contributed by atoms with Gasteiger partial charge in [-0.15, -0.1) is 0 Å². The molecule has 1 aliphatic rings. The van der Waals surface area contributed by atoms with Crippen LogP contribution in [-0.4, -0.2) is 65.5 Å². The zero-order valence-corrected chi connectivity index (χ0v) is 21.7. The number of benzene rings is 1. The molecule has 1 atom stereocenters. The van der Waals surface area contributed by atoms with Crippen molar-refractivity contribution in [2.24, 2.45) is 0 Å². The number of likely N-dealkylation sites (tertiary alicyclic amines) is 1. The molecule has 1 aromatic heterocycles. The number of nitriles is 1. The molecule has 2 amide bonds. The summed E-state index contributed by atoms with van der Waals surface area (Å²) >= 11 is 0. The Morgan fingerprint density at radius 3 is 2.59 bits per heavy atom. The number of alkyl halides is 3. The first-order valence-corrected chi connectivity index (χ1v) is 12.5. The first kappa shape index (κ1) is 29.4. The number of nitrogens with zero attached hydrogens (tertiary/aromatic N) is 4. The fourth-order valence-electron chi connectivity index (χ4n) is 4.03. The fourth-order valence-corrected chi connectivity index (χ4v) is 4.03. The molecule has 1 saturated heterocycles. The molecule has 3 rings (SSSR count). The van der Waals surface area contributed by atoms with Crippen molar-refractivity contribution in [3.05, 3.63) is 34.9 Å². The van der Waals surface area contributed by atoms with Crippen LogP contribution in [0.2, 0.25) is 0 Å². The van der Waals surface area contributed by atoms with Crippen LogP contribution in [-0.2, 0) is 11.0 Å². The Labute approximate surface area is 223 Å². The molecule has 2 aromatic rings.